The zero-order valence-electron chi connectivity index (χ0n) is 16.8. The Morgan fingerprint density at radius 2 is 2.10 bits per heavy atom. The lowest BCUT2D eigenvalue weighted by Crippen LogP contribution is -2.29. The third-order valence-electron chi connectivity index (χ3n) is 5.61. The highest BCUT2D eigenvalue weighted by Gasteiger charge is 2.31. The molecule has 0 saturated heterocycles. The average molecular weight is 431 g/mol. The fourth-order valence-electron chi connectivity index (χ4n) is 3.91. The van der Waals surface area contributed by atoms with E-state index in [1.54, 1.807) is 34.9 Å². The summed E-state index contributed by atoms with van der Waals surface area (Å²) in [5.41, 5.74) is 1.76. The molecule has 31 heavy (non-hydrogen) atoms. The lowest BCUT2D eigenvalue weighted by atomic mass is 10.1. The Hall–Kier alpha value is -3.50. The number of nitrogens with zero attached hydrogens (tertiary/aromatic N) is 5. The molecule has 0 radical (unpaired) electrons. The van der Waals surface area contributed by atoms with Gasteiger partial charge >= 0.3 is 0 Å². The fourth-order valence-corrected chi connectivity index (χ4v) is 4.16. The van der Waals surface area contributed by atoms with Gasteiger partial charge in [-0.1, -0.05) is 24.6 Å². The van der Waals surface area contributed by atoms with Crippen LogP contribution in [0.2, 0.25) is 5.02 Å². The van der Waals surface area contributed by atoms with E-state index in [1.165, 1.54) is 6.33 Å². The first-order valence-electron chi connectivity index (χ1n) is 10.2. The van der Waals surface area contributed by atoms with E-state index in [1.807, 2.05) is 13.0 Å². The zero-order chi connectivity index (χ0) is 21.5. The molecular formula is C23H19ClN6O. The predicted molar refractivity (Wildman–Crippen MR) is 120 cm³/mol. The monoisotopic (exact) mass is 430 g/mol. The van der Waals surface area contributed by atoms with Crippen molar-refractivity contribution in [1.82, 2.24) is 19.5 Å². The molecule has 1 atom stereocenters. The van der Waals surface area contributed by atoms with Gasteiger partial charge in [-0.15, -0.1) is 0 Å². The number of hydrogen-bond acceptors (Lipinski definition) is 6. The molecule has 1 N–H and O–H groups in total. The molecule has 2 aromatic carbocycles. The predicted octanol–water partition coefficient (Wildman–Crippen LogP) is 4.76. The molecule has 5 rings (SSSR count). The maximum Gasteiger partial charge on any atom is 0.263 e. The van der Waals surface area contributed by atoms with Crippen molar-refractivity contribution in [3.05, 3.63) is 69.5 Å². The molecule has 0 aliphatic heterocycles. The number of nitrogens with one attached hydrogen (secondary N) is 1. The van der Waals surface area contributed by atoms with Gasteiger partial charge in [-0.05, 0) is 49.6 Å². The van der Waals surface area contributed by atoms with Crippen LogP contribution in [0, 0.1) is 11.3 Å². The minimum absolute atomic E-state index is 0.104. The van der Waals surface area contributed by atoms with E-state index in [-0.39, 0.29) is 17.6 Å². The molecule has 1 aliphatic rings. The van der Waals surface area contributed by atoms with E-state index in [4.69, 9.17) is 16.6 Å². The van der Waals surface area contributed by atoms with E-state index < -0.39 is 0 Å². The van der Waals surface area contributed by atoms with Crippen LogP contribution in [0.3, 0.4) is 0 Å². The average Bonchev–Trinajstić information content (AvgIpc) is 3.62. The van der Waals surface area contributed by atoms with Crippen LogP contribution in [-0.2, 0) is 0 Å². The van der Waals surface area contributed by atoms with Crippen LogP contribution < -0.4 is 10.9 Å². The third-order valence-corrected chi connectivity index (χ3v) is 5.93. The number of halogens is 1. The molecule has 7 nitrogen and oxygen atoms in total. The molecule has 2 heterocycles. The van der Waals surface area contributed by atoms with Crippen molar-refractivity contribution in [2.24, 2.45) is 0 Å². The van der Waals surface area contributed by atoms with Gasteiger partial charge in [-0.2, -0.15) is 5.26 Å². The Labute approximate surface area is 183 Å². The first kappa shape index (κ1) is 19.5. The molecule has 1 fully saturated rings. The standard InChI is InChI=1S/C23H19ClN6O/c1-2-17(28-21-15-10-13(11-25)6-9-18(15)26-12-27-21)22-29-19-5-3-4-16(24)20(19)23(31)30(22)14-7-8-14/h3-6,9-10,12,14,17H,2,7-8H2,1H3,(H,26,27,28)/t17-/m0/s1. The van der Waals surface area contributed by atoms with Gasteiger partial charge in [0.2, 0.25) is 0 Å². The van der Waals surface area contributed by atoms with Crippen molar-refractivity contribution in [2.45, 2.75) is 38.3 Å². The second kappa shape index (κ2) is 7.64. The number of anilines is 1. The maximum atomic E-state index is 13.4. The second-order valence-corrected chi connectivity index (χ2v) is 8.09. The fraction of sp³-hybridized carbons (Fsp3) is 0.261. The van der Waals surface area contributed by atoms with Crippen LogP contribution in [0.5, 0.6) is 0 Å². The van der Waals surface area contributed by atoms with Crippen molar-refractivity contribution in [3.8, 4) is 6.07 Å². The van der Waals surface area contributed by atoms with Gasteiger partial charge in [0.15, 0.2) is 0 Å². The van der Waals surface area contributed by atoms with Crippen molar-refractivity contribution < 1.29 is 0 Å². The number of nitriles is 1. The Kier molecular flexibility index (Phi) is 4.79. The molecule has 4 aromatic rings. The van der Waals surface area contributed by atoms with E-state index in [0.717, 1.165) is 23.7 Å². The SMILES string of the molecule is CC[C@H](Nc1ncnc2ccc(C#N)cc12)c1nc2cccc(Cl)c2c(=O)n1C1CC1. The van der Waals surface area contributed by atoms with Crippen molar-refractivity contribution in [1.29, 1.82) is 5.26 Å². The summed E-state index contributed by atoms with van der Waals surface area (Å²) in [5, 5.41) is 14.4. The number of fused-ring (bicyclic) bond motifs is 2. The van der Waals surface area contributed by atoms with Crippen LogP contribution >= 0.6 is 11.6 Å². The summed E-state index contributed by atoms with van der Waals surface area (Å²) in [7, 11) is 0. The molecule has 0 amide bonds. The van der Waals surface area contributed by atoms with Crippen molar-refractivity contribution in [3.63, 3.8) is 0 Å². The van der Waals surface area contributed by atoms with E-state index in [0.29, 0.717) is 39.6 Å². The summed E-state index contributed by atoms with van der Waals surface area (Å²) in [4.78, 5) is 26.9. The van der Waals surface area contributed by atoms with Crippen LogP contribution in [0.1, 0.15) is 49.7 Å². The van der Waals surface area contributed by atoms with Crippen molar-refractivity contribution >= 4 is 39.2 Å². The summed E-state index contributed by atoms with van der Waals surface area (Å²) in [6.07, 6.45) is 4.07. The van der Waals surface area contributed by atoms with Gasteiger partial charge in [0, 0.05) is 11.4 Å². The summed E-state index contributed by atoms with van der Waals surface area (Å²) in [6, 6.07) is 12.7. The van der Waals surface area contributed by atoms with Crippen LogP contribution in [0.15, 0.2) is 47.5 Å². The molecule has 8 heteroatoms. The third kappa shape index (κ3) is 3.39. The smallest absolute Gasteiger partial charge is 0.263 e. The minimum Gasteiger partial charge on any atom is -0.360 e. The van der Waals surface area contributed by atoms with Gasteiger partial charge in [-0.25, -0.2) is 15.0 Å². The Bertz CT molecular complexity index is 1420. The quantitative estimate of drug-likeness (QED) is 0.490. The molecule has 154 valence electrons. The van der Waals surface area contributed by atoms with Crippen LogP contribution in [0.25, 0.3) is 21.8 Å². The zero-order valence-corrected chi connectivity index (χ0v) is 17.6. The molecular weight excluding hydrogens is 412 g/mol. The first-order chi connectivity index (χ1) is 15.1. The second-order valence-electron chi connectivity index (χ2n) is 7.68. The van der Waals surface area contributed by atoms with E-state index in [2.05, 4.69) is 21.4 Å². The molecule has 2 aromatic heterocycles. The lowest BCUT2D eigenvalue weighted by molar-refractivity contribution is 0.579. The highest BCUT2D eigenvalue weighted by atomic mass is 35.5. The minimum atomic E-state index is -0.250. The summed E-state index contributed by atoms with van der Waals surface area (Å²) >= 11 is 6.34. The molecule has 1 aliphatic carbocycles. The Morgan fingerprint density at radius 1 is 1.26 bits per heavy atom. The number of hydrogen-bond donors (Lipinski definition) is 1. The summed E-state index contributed by atoms with van der Waals surface area (Å²) < 4.78 is 1.79. The topological polar surface area (TPSA) is 96.5 Å². The molecule has 0 bridgehead atoms. The van der Waals surface area contributed by atoms with Gasteiger partial charge in [-0.3, -0.25) is 9.36 Å². The number of benzene rings is 2. The Morgan fingerprint density at radius 3 is 2.84 bits per heavy atom. The van der Waals surface area contributed by atoms with Crippen molar-refractivity contribution in [2.75, 3.05) is 5.32 Å². The highest BCUT2D eigenvalue weighted by Crippen LogP contribution is 2.37. The van der Waals surface area contributed by atoms with E-state index >= 15 is 0 Å². The lowest BCUT2D eigenvalue weighted by Gasteiger charge is -2.22. The number of rotatable bonds is 5. The van der Waals surface area contributed by atoms with Gasteiger partial charge < -0.3 is 5.32 Å². The summed E-state index contributed by atoms with van der Waals surface area (Å²) in [5.74, 6) is 1.28. The molecule has 0 spiro atoms. The first-order valence-corrected chi connectivity index (χ1v) is 10.6. The van der Waals surface area contributed by atoms with Gasteiger partial charge in [0.1, 0.15) is 18.0 Å². The highest BCUT2D eigenvalue weighted by molar-refractivity contribution is 6.35. The normalized spacial score (nSPS) is 14.5. The van der Waals surface area contributed by atoms with Crippen LogP contribution in [0.4, 0.5) is 5.82 Å². The number of aromatic nitrogens is 4. The van der Waals surface area contributed by atoms with E-state index in [9.17, 15) is 10.1 Å². The Balaban J connectivity index is 1.66. The van der Waals surface area contributed by atoms with Crippen LogP contribution in [-0.4, -0.2) is 19.5 Å². The largest absolute Gasteiger partial charge is 0.360 e. The summed E-state index contributed by atoms with van der Waals surface area (Å²) in [6.45, 7) is 2.04. The molecule has 0 unspecified atom stereocenters. The molecule has 1 saturated carbocycles. The maximum absolute atomic E-state index is 13.4. The van der Waals surface area contributed by atoms with Gasteiger partial charge in [0.05, 0.1) is 39.1 Å². The van der Waals surface area contributed by atoms with Gasteiger partial charge in [0.25, 0.3) is 5.56 Å².